The maximum absolute atomic E-state index is 12.9. The number of aromatic nitrogens is 2. The Labute approximate surface area is 209 Å². The molecule has 11 nitrogen and oxygen atoms in total. The Morgan fingerprint density at radius 3 is 2.27 bits per heavy atom. The number of halogens is 3. The van der Waals surface area contributed by atoms with Crippen LogP contribution in [0.1, 0.15) is 18.9 Å². The summed E-state index contributed by atoms with van der Waals surface area (Å²) in [6.07, 6.45) is -4.48. The first-order valence-corrected chi connectivity index (χ1v) is 12.0. The molecule has 202 valence electrons. The number of aryl methyl sites for hydroxylation is 1. The lowest BCUT2D eigenvalue weighted by atomic mass is 10.0. The van der Waals surface area contributed by atoms with Crippen molar-refractivity contribution < 1.29 is 32.7 Å². The van der Waals surface area contributed by atoms with Crippen molar-refractivity contribution >= 4 is 34.5 Å². The Balaban J connectivity index is 0.000000405. The number of hydrogen-bond acceptors (Lipinski definition) is 7. The van der Waals surface area contributed by atoms with E-state index in [0.29, 0.717) is 6.42 Å². The molecular formula is C23H29F3N6O5. The molecule has 0 radical (unpaired) electrons. The van der Waals surface area contributed by atoms with E-state index in [1.54, 1.807) is 11.6 Å². The van der Waals surface area contributed by atoms with Crippen molar-refractivity contribution in [1.82, 2.24) is 24.7 Å². The molecule has 1 aromatic heterocycles. The minimum atomic E-state index is -5.08. The van der Waals surface area contributed by atoms with Gasteiger partial charge in [0.1, 0.15) is 6.04 Å². The van der Waals surface area contributed by atoms with E-state index < -0.39 is 24.1 Å². The third-order valence-electron chi connectivity index (χ3n) is 6.96. The zero-order valence-electron chi connectivity index (χ0n) is 20.3. The number of fused-ring (bicyclic) bond motifs is 1. The van der Waals surface area contributed by atoms with Crippen LogP contribution < -0.4 is 21.2 Å². The Morgan fingerprint density at radius 2 is 1.73 bits per heavy atom. The Morgan fingerprint density at radius 1 is 1.08 bits per heavy atom. The highest BCUT2D eigenvalue weighted by Crippen LogP contribution is 2.27. The molecule has 1 unspecified atom stereocenters. The summed E-state index contributed by atoms with van der Waals surface area (Å²) in [5.74, 6) is -2.65. The topological polar surface area (TPSA) is 129 Å². The van der Waals surface area contributed by atoms with E-state index in [-0.39, 0.29) is 18.0 Å². The van der Waals surface area contributed by atoms with E-state index in [9.17, 15) is 27.6 Å². The molecule has 0 saturated carbocycles. The van der Waals surface area contributed by atoms with Gasteiger partial charge < -0.3 is 15.3 Å². The quantitative estimate of drug-likeness (QED) is 0.485. The summed E-state index contributed by atoms with van der Waals surface area (Å²) in [5.41, 5.74) is 2.42. The van der Waals surface area contributed by atoms with Crippen molar-refractivity contribution in [3.05, 3.63) is 28.7 Å². The zero-order chi connectivity index (χ0) is 26.9. The van der Waals surface area contributed by atoms with Gasteiger partial charge in [-0.1, -0.05) is 0 Å². The molecule has 2 aromatic rings. The first kappa shape index (κ1) is 26.7. The molecule has 4 heterocycles. The number of carbonyl (C=O) groups excluding carboxylic acids is 2. The van der Waals surface area contributed by atoms with Crippen LogP contribution in [0.25, 0.3) is 11.0 Å². The lowest BCUT2D eigenvalue weighted by Gasteiger charge is -2.39. The van der Waals surface area contributed by atoms with Gasteiger partial charge in [-0.25, -0.2) is 9.59 Å². The summed E-state index contributed by atoms with van der Waals surface area (Å²) in [4.78, 5) is 50.5. The van der Waals surface area contributed by atoms with Gasteiger partial charge in [-0.2, -0.15) is 13.2 Å². The predicted molar refractivity (Wildman–Crippen MR) is 127 cm³/mol. The smallest absolute Gasteiger partial charge is 0.475 e. The second-order valence-corrected chi connectivity index (χ2v) is 9.47. The number of rotatable bonds is 4. The number of nitrogens with one attached hydrogen (secondary N) is 2. The van der Waals surface area contributed by atoms with Gasteiger partial charge in [0.25, 0.3) is 0 Å². The largest absolute Gasteiger partial charge is 0.490 e. The molecule has 3 saturated heterocycles. The van der Waals surface area contributed by atoms with Crippen LogP contribution in [0.4, 0.5) is 18.9 Å². The molecule has 0 aliphatic carbocycles. The van der Waals surface area contributed by atoms with Gasteiger partial charge in [0.05, 0.1) is 11.0 Å². The van der Waals surface area contributed by atoms with Crippen molar-refractivity contribution in [2.24, 2.45) is 13.0 Å². The molecule has 0 spiro atoms. The Bertz CT molecular complexity index is 1240. The van der Waals surface area contributed by atoms with Gasteiger partial charge in [0, 0.05) is 65.0 Å². The van der Waals surface area contributed by atoms with E-state index in [1.165, 1.54) is 11.1 Å². The highest BCUT2D eigenvalue weighted by molar-refractivity contribution is 6.00. The monoisotopic (exact) mass is 526 g/mol. The second-order valence-electron chi connectivity index (χ2n) is 9.47. The van der Waals surface area contributed by atoms with Crippen LogP contribution in [0, 0.1) is 5.92 Å². The number of aliphatic carboxylic acids is 1. The average molecular weight is 527 g/mol. The zero-order valence-corrected chi connectivity index (χ0v) is 20.3. The van der Waals surface area contributed by atoms with Gasteiger partial charge >= 0.3 is 17.8 Å². The van der Waals surface area contributed by atoms with E-state index in [4.69, 9.17) is 9.90 Å². The maximum Gasteiger partial charge on any atom is 0.490 e. The number of piperazine rings is 1. The molecule has 3 aliphatic rings. The molecule has 2 amide bonds. The Hall–Kier alpha value is -3.39. The van der Waals surface area contributed by atoms with Crippen LogP contribution >= 0.6 is 0 Å². The summed E-state index contributed by atoms with van der Waals surface area (Å²) in [6.45, 7) is 7.46. The number of anilines is 1. The van der Waals surface area contributed by atoms with Crippen molar-refractivity contribution in [1.29, 1.82) is 0 Å². The van der Waals surface area contributed by atoms with Gasteiger partial charge in [-0.05, 0) is 30.5 Å². The second kappa shape index (κ2) is 10.5. The summed E-state index contributed by atoms with van der Waals surface area (Å²) in [6, 6.07) is 5.37. The lowest BCUT2D eigenvalue weighted by molar-refractivity contribution is -0.192. The minimum Gasteiger partial charge on any atom is -0.475 e. The average Bonchev–Trinajstić information content (AvgIpc) is 3.06. The fraction of sp³-hybridized carbons (Fsp3) is 0.565. The molecule has 1 atom stereocenters. The maximum atomic E-state index is 12.9. The number of nitrogens with zero attached hydrogens (tertiary/aromatic N) is 4. The molecule has 37 heavy (non-hydrogen) atoms. The number of amides is 2. The summed E-state index contributed by atoms with van der Waals surface area (Å²) in [7, 11) is 1.74. The molecule has 3 aliphatic heterocycles. The molecule has 3 fully saturated rings. The van der Waals surface area contributed by atoms with Crippen molar-refractivity contribution in [2.75, 3.05) is 50.7 Å². The fourth-order valence-electron chi connectivity index (χ4n) is 4.81. The van der Waals surface area contributed by atoms with Crippen LogP contribution in [0.3, 0.4) is 0 Å². The number of carbonyl (C=O) groups is 3. The summed E-state index contributed by atoms with van der Waals surface area (Å²) >= 11 is 0. The normalized spacial score (nSPS) is 21.3. The minimum absolute atomic E-state index is 0.226. The number of piperidine rings is 1. The van der Waals surface area contributed by atoms with Crippen LogP contribution in [0.5, 0.6) is 0 Å². The van der Waals surface area contributed by atoms with Crippen molar-refractivity contribution in [3.8, 4) is 0 Å². The standard InChI is InChI=1S/C21H28N6O3.C2HF3O2/c1-24-18-10-15(26-8-6-25(7-9-26)13-14-11-22-12-14)2-3-16(18)27(21(24)30)17-4-5-19(28)23-20(17)29;3-2(4,5)1(6)7/h2-3,10,14,17,22H,4-9,11-13H2,1H3,(H,23,28,29);(H,6,7). The molecule has 5 rings (SSSR count). The lowest BCUT2D eigenvalue weighted by Crippen LogP contribution is -2.53. The van der Waals surface area contributed by atoms with Crippen LogP contribution in [-0.2, 0) is 21.4 Å². The van der Waals surface area contributed by atoms with Crippen LogP contribution in [-0.4, -0.2) is 88.9 Å². The van der Waals surface area contributed by atoms with Crippen molar-refractivity contribution in [3.63, 3.8) is 0 Å². The van der Waals surface area contributed by atoms with E-state index in [0.717, 1.165) is 61.9 Å². The SMILES string of the molecule is Cn1c(=O)n(C2CCC(=O)NC2=O)c2ccc(N3CCN(CC4CNC4)CC3)cc21.O=C(O)C(F)(F)F. The number of imidazole rings is 1. The molecule has 3 N–H and O–H groups in total. The number of benzene rings is 1. The number of hydrogen-bond donors (Lipinski definition) is 3. The molecular weight excluding hydrogens is 497 g/mol. The summed E-state index contributed by atoms with van der Waals surface area (Å²) in [5, 5.41) is 12.8. The van der Waals surface area contributed by atoms with Gasteiger partial charge in [0.15, 0.2) is 0 Å². The number of carboxylic acids is 1. The molecule has 0 bridgehead atoms. The highest BCUT2D eigenvalue weighted by Gasteiger charge is 2.38. The van der Waals surface area contributed by atoms with Crippen molar-refractivity contribution in [2.45, 2.75) is 25.1 Å². The van der Waals surface area contributed by atoms with Crippen LogP contribution in [0.15, 0.2) is 23.0 Å². The number of alkyl halides is 3. The Kier molecular flexibility index (Phi) is 7.59. The fourth-order valence-corrected chi connectivity index (χ4v) is 4.81. The van der Waals surface area contributed by atoms with Gasteiger partial charge in [0.2, 0.25) is 11.8 Å². The molecule has 14 heteroatoms. The molecule has 1 aromatic carbocycles. The van der Waals surface area contributed by atoms with E-state index in [2.05, 4.69) is 20.4 Å². The van der Waals surface area contributed by atoms with E-state index >= 15 is 0 Å². The van der Waals surface area contributed by atoms with E-state index in [1.807, 2.05) is 18.2 Å². The van der Waals surface area contributed by atoms with Crippen LogP contribution in [0.2, 0.25) is 0 Å². The van der Waals surface area contributed by atoms with Gasteiger partial charge in [-0.15, -0.1) is 0 Å². The predicted octanol–water partition coefficient (Wildman–Crippen LogP) is 0.292. The third-order valence-corrected chi connectivity index (χ3v) is 6.96. The highest BCUT2D eigenvalue weighted by atomic mass is 19.4. The summed E-state index contributed by atoms with van der Waals surface area (Å²) < 4.78 is 34.9. The number of carboxylic acid groups (broad SMARTS) is 1. The first-order chi connectivity index (χ1) is 17.5. The van der Waals surface area contributed by atoms with Gasteiger partial charge in [-0.3, -0.25) is 28.9 Å². The first-order valence-electron chi connectivity index (χ1n) is 12.0. The third kappa shape index (κ3) is 5.80. The number of imide groups is 1.